The molecule has 2 amide bonds. The van der Waals surface area contributed by atoms with Crippen molar-refractivity contribution in [3.8, 4) is 17.2 Å². The molecule has 0 saturated carbocycles. The molecule has 2 aromatic carbocycles. The summed E-state index contributed by atoms with van der Waals surface area (Å²) in [6, 6.07) is 9.65. The Morgan fingerprint density at radius 2 is 1.69 bits per heavy atom. The van der Waals surface area contributed by atoms with Gasteiger partial charge in [-0.2, -0.15) is 0 Å². The summed E-state index contributed by atoms with van der Waals surface area (Å²) in [6.07, 6.45) is 1.35. The quantitative estimate of drug-likeness (QED) is 0.714. The van der Waals surface area contributed by atoms with Crippen LogP contribution in [-0.2, 0) is 4.79 Å². The fraction of sp³-hybridized carbons (Fsp3) is 0.150. The molecule has 2 aromatic rings. The molecule has 1 heterocycles. The van der Waals surface area contributed by atoms with Gasteiger partial charge < -0.3 is 19.3 Å². The number of benzene rings is 2. The minimum Gasteiger partial charge on any atom is -0.495 e. The normalized spacial score (nSPS) is 15.0. The van der Waals surface area contributed by atoms with Crippen molar-refractivity contribution >= 4 is 40.6 Å². The van der Waals surface area contributed by atoms with Gasteiger partial charge in [0.15, 0.2) is 11.5 Å². The van der Waals surface area contributed by atoms with Crippen molar-refractivity contribution in [2.45, 2.75) is 0 Å². The number of imide groups is 1. The zero-order valence-corrected chi connectivity index (χ0v) is 16.6. The second-order valence-corrected chi connectivity index (χ2v) is 6.75. The number of hydrogen-bond acceptors (Lipinski definition) is 7. The summed E-state index contributed by atoms with van der Waals surface area (Å²) in [5.41, 5.74) is 0.350. The predicted molar refractivity (Wildman–Crippen MR) is 108 cm³/mol. The Morgan fingerprint density at radius 1 is 1.00 bits per heavy atom. The third-order valence-electron chi connectivity index (χ3n) is 4.20. The maximum atomic E-state index is 12.9. The van der Waals surface area contributed by atoms with Gasteiger partial charge in [-0.05, 0) is 41.6 Å². The van der Waals surface area contributed by atoms with Gasteiger partial charge in [0.2, 0.25) is 0 Å². The van der Waals surface area contributed by atoms with E-state index in [1.54, 1.807) is 24.3 Å². The van der Waals surface area contributed by atoms with Crippen LogP contribution in [0.25, 0.3) is 6.08 Å². The number of thioether (sulfide) groups is 1. The van der Waals surface area contributed by atoms with E-state index in [-0.39, 0.29) is 27.5 Å². The Bertz CT molecular complexity index is 1030. The molecule has 0 bridgehead atoms. The number of amides is 2. The summed E-state index contributed by atoms with van der Waals surface area (Å²) >= 11 is 0.712. The Balaban J connectivity index is 2.08. The molecular formula is C20H17NO7S. The lowest BCUT2D eigenvalue weighted by Gasteiger charge is -2.15. The number of carboxylic acids is 1. The van der Waals surface area contributed by atoms with Crippen LogP contribution < -0.4 is 19.1 Å². The van der Waals surface area contributed by atoms with E-state index in [9.17, 15) is 19.5 Å². The molecule has 9 heteroatoms. The fourth-order valence-electron chi connectivity index (χ4n) is 2.91. The number of hydrogen-bond donors (Lipinski definition) is 1. The van der Waals surface area contributed by atoms with Gasteiger partial charge in [-0.3, -0.25) is 9.59 Å². The number of carbonyl (C=O) groups excluding carboxylic acids is 2. The van der Waals surface area contributed by atoms with Gasteiger partial charge in [-0.25, -0.2) is 9.69 Å². The summed E-state index contributed by atoms with van der Waals surface area (Å²) in [6.45, 7) is 0. The second kappa shape index (κ2) is 8.27. The largest absolute Gasteiger partial charge is 0.495 e. The van der Waals surface area contributed by atoms with E-state index < -0.39 is 17.1 Å². The Hall–Kier alpha value is -3.46. The van der Waals surface area contributed by atoms with Crippen molar-refractivity contribution in [1.82, 2.24) is 0 Å². The topological polar surface area (TPSA) is 102 Å². The molecule has 1 aliphatic rings. The van der Waals surface area contributed by atoms with Crippen LogP contribution in [0.1, 0.15) is 15.9 Å². The molecule has 0 radical (unpaired) electrons. The van der Waals surface area contributed by atoms with Crippen molar-refractivity contribution < 1.29 is 33.7 Å². The van der Waals surface area contributed by atoms with E-state index in [1.807, 2.05) is 0 Å². The van der Waals surface area contributed by atoms with Crippen molar-refractivity contribution in [3.05, 3.63) is 52.4 Å². The smallest absolute Gasteiger partial charge is 0.340 e. The standard InChI is InChI=1S/C20H17NO7S/c1-26-13-7-5-4-6-12(13)21-18(22)15(29-20(21)25)10-11-8-9-14(27-2)17(28-3)16(11)19(23)24/h4-10H,1-3H3,(H,23,24)/b15-10+. The van der Waals surface area contributed by atoms with E-state index in [2.05, 4.69) is 0 Å². The lowest BCUT2D eigenvalue weighted by molar-refractivity contribution is -0.113. The van der Waals surface area contributed by atoms with Crippen LogP contribution in [0.4, 0.5) is 10.5 Å². The molecule has 1 aliphatic heterocycles. The van der Waals surface area contributed by atoms with E-state index in [0.717, 1.165) is 4.90 Å². The monoisotopic (exact) mass is 415 g/mol. The number of ether oxygens (including phenoxy) is 3. The lowest BCUT2D eigenvalue weighted by atomic mass is 10.0. The molecule has 1 fully saturated rings. The molecule has 3 rings (SSSR count). The van der Waals surface area contributed by atoms with Crippen LogP contribution in [0, 0.1) is 0 Å². The number of methoxy groups -OCH3 is 3. The van der Waals surface area contributed by atoms with Gasteiger partial charge in [-0.1, -0.05) is 18.2 Å². The molecule has 1 N–H and O–H groups in total. The maximum Gasteiger partial charge on any atom is 0.340 e. The Labute approximate surface area is 170 Å². The number of carboxylic acid groups (broad SMARTS) is 1. The first-order valence-electron chi connectivity index (χ1n) is 8.32. The second-order valence-electron chi connectivity index (χ2n) is 5.76. The van der Waals surface area contributed by atoms with Crippen molar-refractivity contribution in [1.29, 1.82) is 0 Å². The summed E-state index contributed by atoms with van der Waals surface area (Å²) in [5.74, 6) is -1.19. The number of para-hydroxylation sites is 2. The Kier molecular flexibility index (Phi) is 5.79. The van der Waals surface area contributed by atoms with Crippen molar-refractivity contribution in [3.63, 3.8) is 0 Å². The van der Waals surface area contributed by atoms with Crippen molar-refractivity contribution in [2.24, 2.45) is 0 Å². The fourth-order valence-corrected chi connectivity index (χ4v) is 3.74. The van der Waals surface area contributed by atoms with Crippen LogP contribution in [0.15, 0.2) is 41.3 Å². The highest BCUT2D eigenvalue weighted by Gasteiger charge is 2.38. The third-order valence-corrected chi connectivity index (χ3v) is 5.07. The van der Waals surface area contributed by atoms with E-state index in [4.69, 9.17) is 14.2 Å². The third kappa shape index (κ3) is 3.64. The molecule has 0 spiro atoms. The zero-order valence-electron chi connectivity index (χ0n) is 15.8. The first-order chi connectivity index (χ1) is 13.9. The lowest BCUT2D eigenvalue weighted by Crippen LogP contribution is -2.28. The van der Waals surface area contributed by atoms with E-state index >= 15 is 0 Å². The molecule has 150 valence electrons. The number of anilines is 1. The van der Waals surface area contributed by atoms with Gasteiger partial charge in [-0.15, -0.1) is 0 Å². The van der Waals surface area contributed by atoms with Gasteiger partial charge in [0, 0.05) is 0 Å². The highest BCUT2D eigenvalue weighted by Crippen LogP contribution is 2.41. The molecule has 29 heavy (non-hydrogen) atoms. The molecule has 8 nitrogen and oxygen atoms in total. The molecule has 1 saturated heterocycles. The van der Waals surface area contributed by atoms with Crippen LogP contribution in [0.3, 0.4) is 0 Å². The average molecular weight is 415 g/mol. The molecular weight excluding hydrogens is 398 g/mol. The van der Waals surface area contributed by atoms with Crippen molar-refractivity contribution in [2.75, 3.05) is 26.2 Å². The molecule has 0 unspecified atom stereocenters. The highest BCUT2D eigenvalue weighted by molar-refractivity contribution is 8.19. The minimum atomic E-state index is -1.25. The van der Waals surface area contributed by atoms with Crippen LogP contribution in [0.2, 0.25) is 0 Å². The summed E-state index contributed by atoms with van der Waals surface area (Å²) in [7, 11) is 4.15. The number of nitrogens with zero attached hydrogens (tertiary/aromatic N) is 1. The van der Waals surface area contributed by atoms with Gasteiger partial charge in [0.05, 0.1) is 31.9 Å². The molecule has 0 aliphatic carbocycles. The van der Waals surface area contributed by atoms with E-state index in [1.165, 1.54) is 39.5 Å². The first-order valence-corrected chi connectivity index (χ1v) is 9.13. The highest BCUT2D eigenvalue weighted by atomic mass is 32.2. The number of aromatic carboxylic acids is 1. The van der Waals surface area contributed by atoms with Gasteiger partial charge in [0.1, 0.15) is 11.3 Å². The average Bonchev–Trinajstić information content (AvgIpc) is 2.99. The minimum absolute atomic E-state index is 0.0257. The Morgan fingerprint density at radius 3 is 2.31 bits per heavy atom. The van der Waals surface area contributed by atoms with Crippen LogP contribution in [-0.4, -0.2) is 43.6 Å². The van der Waals surface area contributed by atoms with E-state index in [0.29, 0.717) is 23.2 Å². The SMILES string of the molecule is COc1ccccc1N1C(=O)S/C(=C/c2ccc(OC)c(OC)c2C(=O)O)C1=O. The zero-order chi connectivity index (χ0) is 21.1. The summed E-state index contributed by atoms with van der Waals surface area (Å²) in [4.78, 5) is 38.3. The van der Waals surface area contributed by atoms with Crippen LogP contribution >= 0.6 is 11.8 Å². The molecule has 0 atom stereocenters. The summed E-state index contributed by atoms with van der Waals surface area (Å²) < 4.78 is 15.5. The first kappa shape index (κ1) is 20.3. The number of carbonyl (C=O) groups is 3. The van der Waals surface area contributed by atoms with Gasteiger partial charge >= 0.3 is 5.97 Å². The van der Waals surface area contributed by atoms with Gasteiger partial charge in [0.25, 0.3) is 11.1 Å². The maximum absolute atomic E-state index is 12.9. The summed E-state index contributed by atoms with van der Waals surface area (Å²) in [5, 5.41) is 9.13. The predicted octanol–water partition coefficient (Wildman–Crippen LogP) is 3.65. The molecule has 0 aromatic heterocycles. The van der Waals surface area contributed by atoms with Crippen LogP contribution in [0.5, 0.6) is 17.2 Å². The number of rotatable bonds is 6.